The van der Waals surface area contributed by atoms with Crippen molar-refractivity contribution in [2.45, 2.75) is 81.6 Å². The van der Waals surface area contributed by atoms with Gasteiger partial charge in [-0.1, -0.05) is 85.6 Å². The zero-order valence-corrected chi connectivity index (χ0v) is 26.5. The summed E-state index contributed by atoms with van der Waals surface area (Å²) in [4.78, 5) is 18.7. The van der Waals surface area contributed by atoms with Crippen LogP contribution in [0.15, 0.2) is 66.7 Å². The molecule has 1 amide bonds. The van der Waals surface area contributed by atoms with Gasteiger partial charge in [0.05, 0.1) is 33.5 Å². The molecule has 0 radical (unpaired) electrons. The van der Waals surface area contributed by atoms with Crippen molar-refractivity contribution in [3.63, 3.8) is 0 Å². The summed E-state index contributed by atoms with van der Waals surface area (Å²) >= 11 is 12.5. The van der Waals surface area contributed by atoms with Gasteiger partial charge in [-0.2, -0.15) is 0 Å². The van der Waals surface area contributed by atoms with Crippen LogP contribution in [-0.2, 0) is 29.5 Å². The predicted octanol–water partition coefficient (Wildman–Crippen LogP) is 6.49. The van der Waals surface area contributed by atoms with Gasteiger partial charge >= 0.3 is 0 Å². The molecule has 0 aromatic heterocycles. The molecular weight excluding hydrogens is 579 g/mol. The average molecular weight is 620 g/mol. The van der Waals surface area contributed by atoms with Crippen LogP contribution in [0, 0.1) is 5.92 Å². The van der Waals surface area contributed by atoms with E-state index in [9.17, 15) is 9.90 Å². The van der Waals surface area contributed by atoms with Gasteiger partial charge in [-0.15, -0.1) is 0 Å². The molecule has 43 heavy (non-hydrogen) atoms. The van der Waals surface area contributed by atoms with Gasteiger partial charge in [0.2, 0.25) is 5.91 Å². The molecule has 0 unspecified atom stereocenters. The summed E-state index contributed by atoms with van der Waals surface area (Å²) in [6, 6.07) is 22.3. The summed E-state index contributed by atoms with van der Waals surface area (Å²) in [7, 11) is 0. The number of amides is 1. The fourth-order valence-electron chi connectivity index (χ4n) is 8.82. The van der Waals surface area contributed by atoms with Gasteiger partial charge in [0.25, 0.3) is 0 Å². The maximum Gasteiger partial charge on any atom is 0.227 e. The monoisotopic (exact) mass is 618 g/mol. The number of likely N-dealkylation sites (tertiary alicyclic amines) is 1. The van der Waals surface area contributed by atoms with Crippen LogP contribution >= 0.6 is 23.2 Å². The highest BCUT2D eigenvalue weighted by atomic mass is 35.5. The fourth-order valence-corrected chi connectivity index (χ4v) is 9.14. The van der Waals surface area contributed by atoms with E-state index in [1.807, 2.05) is 6.07 Å². The molecule has 1 N–H and O–H groups in total. The van der Waals surface area contributed by atoms with E-state index in [0.717, 1.165) is 43.7 Å². The molecule has 226 valence electrons. The minimum Gasteiger partial charge on any atom is -0.487 e. The molecule has 7 heteroatoms. The summed E-state index contributed by atoms with van der Waals surface area (Å²) in [6.07, 6.45) is 3.90. The molecule has 4 aliphatic rings. The molecule has 2 bridgehead atoms. The van der Waals surface area contributed by atoms with Crippen molar-refractivity contribution in [2.75, 3.05) is 19.6 Å². The highest BCUT2D eigenvalue weighted by molar-refractivity contribution is 6.42. The first-order valence-corrected chi connectivity index (χ1v) is 16.5. The fraction of sp³-hybridized carbons (Fsp3) is 0.472. The van der Waals surface area contributed by atoms with Crippen LogP contribution in [0.1, 0.15) is 55.4 Å². The summed E-state index contributed by atoms with van der Waals surface area (Å²) in [5, 5.41) is 13.9. The molecule has 1 saturated carbocycles. The maximum absolute atomic E-state index is 14.1. The zero-order chi connectivity index (χ0) is 29.9. The average Bonchev–Trinajstić information content (AvgIpc) is 3.33. The predicted molar refractivity (Wildman–Crippen MR) is 171 cm³/mol. The van der Waals surface area contributed by atoms with E-state index >= 15 is 0 Å². The van der Waals surface area contributed by atoms with Crippen LogP contribution in [0.25, 0.3) is 0 Å². The molecule has 3 aromatic carbocycles. The number of carbonyl (C=O) groups excluding carboxylic acids is 1. The van der Waals surface area contributed by atoms with Crippen molar-refractivity contribution >= 4 is 29.1 Å². The number of carbonyl (C=O) groups is 1. The van der Waals surface area contributed by atoms with Crippen LogP contribution in [0.2, 0.25) is 10.0 Å². The number of hydrogen-bond acceptors (Lipinski definition) is 4. The third-order valence-corrected chi connectivity index (χ3v) is 11.3. The second-order valence-electron chi connectivity index (χ2n) is 13.4. The standard InChI is InChI=1S/C36H40Cl2N2O3/c1-23(2)22-40(32(41)20-25-11-12-27(37)28(38)19-25)29-13-15-36(42)31-21-26-9-6-10-30-33(26)35(36,34(29)43-30)16-18-39(31)17-14-24-7-4-3-5-8-24/h3-12,19,23,29,31,34,42H,13-18,20-22H2,1-2H3/t29-,31+,34-,35-,36+/m0/s1. The van der Waals surface area contributed by atoms with Crippen molar-refractivity contribution < 1.29 is 14.6 Å². The molecule has 1 spiro atoms. The Balaban J connectivity index is 1.23. The molecule has 2 fully saturated rings. The minimum absolute atomic E-state index is 0.0170. The molecular formula is C36H40Cl2N2O3. The summed E-state index contributed by atoms with van der Waals surface area (Å²) in [5.41, 5.74) is 3.21. The van der Waals surface area contributed by atoms with E-state index in [1.165, 1.54) is 16.7 Å². The number of ether oxygens (including phenoxy) is 1. The molecule has 1 saturated heterocycles. The highest BCUT2D eigenvalue weighted by Crippen LogP contribution is 2.64. The number of piperidine rings is 1. The van der Waals surface area contributed by atoms with Gasteiger partial charge < -0.3 is 14.7 Å². The Morgan fingerprint density at radius 2 is 1.86 bits per heavy atom. The Morgan fingerprint density at radius 1 is 1.05 bits per heavy atom. The Kier molecular flexibility index (Phi) is 7.53. The Morgan fingerprint density at radius 3 is 2.63 bits per heavy atom. The maximum atomic E-state index is 14.1. The second kappa shape index (κ2) is 11.1. The van der Waals surface area contributed by atoms with Crippen LogP contribution in [0.4, 0.5) is 0 Å². The Labute approximate surface area is 264 Å². The number of aliphatic hydroxyl groups is 1. The number of benzene rings is 3. The van der Waals surface area contributed by atoms with E-state index in [4.69, 9.17) is 27.9 Å². The lowest BCUT2D eigenvalue weighted by atomic mass is 9.48. The van der Waals surface area contributed by atoms with Gasteiger partial charge in [-0.05, 0) is 79.5 Å². The number of rotatable bonds is 8. The van der Waals surface area contributed by atoms with Gasteiger partial charge in [0.1, 0.15) is 11.9 Å². The van der Waals surface area contributed by atoms with E-state index in [0.29, 0.717) is 29.4 Å². The topological polar surface area (TPSA) is 53.0 Å². The largest absolute Gasteiger partial charge is 0.487 e. The van der Waals surface area contributed by atoms with E-state index in [-0.39, 0.29) is 36.4 Å². The molecule has 5 nitrogen and oxygen atoms in total. The second-order valence-corrected chi connectivity index (χ2v) is 14.3. The van der Waals surface area contributed by atoms with Crippen molar-refractivity contribution in [1.82, 2.24) is 9.80 Å². The summed E-state index contributed by atoms with van der Waals surface area (Å²) in [5.74, 6) is 1.24. The first-order chi connectivity index (χ1) is 20.7. The van der Waals surface area contributed by atoms with E-state index in [1.54, 1.807) is 12.1 Å². The molecule has 2 aliphatic heterocycles. The van der Waals surface area contributed by atoms with Crippen molar-refractivity contribution in [3.8, 4) is 5.75 Å². The van der Waals surface area contributed by atoms with Gasteiger partial charge in [-0.25, -0.2) is 0 Å². The first-order valence-electron chi connectivity index (χ1n) is 15.7. The summed E-state index contributed by atoms with van der Waals surface area (Å²) in [6.45, 7) is 6.76. The lowest BCUT2D eigenvalue weighted by Crippen LogP contribution is -2.78. The van der Waals surface area contributed by atoms with Gasteiger partial charge in [0.15, 0.2) is 0 Å². The number of hydrogen-bond donors (Lipinski definition) is 1. The summed E-state index contributed by atoms with van der Waals surface area (Å²) < 4.78 is 6.91. The molecule has 5 atom stereocenters. The molecule has 2 heterocycles. The van der Waals surface area contributed by atoms with Crippen molar-refractivity contribution in [3.05, 3.63) is 99.0 Å². The lowest BCUT2D eigenvalue weighted by molar-refractivity contribution is -0.201. The van der Waals surface area contributed by atoms with Crippen molar-refractivity contribution in [1.29, 1.82) is 0 Å². The van der Waals surface area contributed by atoms with Crippen molar-refractivity contribution in [2.24, 2.45) is 5.92 Å². The molecule has 7 rings (SSSR count). The minimum atomic E-state index is -0.918. The van der Waals surface area contributed by atoms with Crippen LogP contribution in [0.5, 0.6) is 5.75 Å². The number of halogens is 2. The smallest absolute Gasteiger partial charge is 0.227 e. The van der Waals surface area contributed by atoms with Gasteiger partial charge in [0, 0.05) is 24.7 Å². The quantitative estimate of drug-likeness (QED) is 0.314. The lowest BCUT2D eigenvalue weighted by Gasteiger charge is -2.65. The van der Waals surface area contributed by atoms with Gasteiger partial charge in [-0.3, -0.25) is 9.69 Å². The Bertz CT molecular complexity index is 1530. The van der Waals surface area contributed by atoms with E-state index in [2.05, 4.69) is 72.2 Å². The molecule has 3 aromatic rings. The Hall–Kier alpha value is -2.57. The number of nitrogens with zero attached hydrogens (tertiary/aromatic N) is 2. The van der Waals surface area contributed by atoms with Crippen LogP contribution in [-0.4, -0.2) is 64.2 Å². The third kappa shape index (κ3) is 4.70. The van der Waals surface area contributed by atoms with Crippen LogP contribution in [0.3, 0.4) is 0 Å². The zero-order valence-electron chi connectivity index (χ0n) is 24.9. The van der Waals surface area contributed by atoms with E-state index < -0.39 is 11.0 Å². The first kappa shape index (κ1) is 29.2. The molecule has 2 aliphatic carbocycles. The SMILES string of the molecule is CC(C)CN(C(=O)Cc1ccc(Cl)c(Cl)c1)[C@H]1CC[C@@]2(O)[C@H]3Cc4cccc5c4[C@@]2(CCN3CCc2ccccc2)[C@H]1O5. The van der Waals surface area contributed by atoms with Crippen LogP contribution < -0.4 is 4.74 Å². The highest BCUT2D eigenvalue weighted by Gasteiger charge is 2.73. The third-order valence-electron chi connectivity index (χ3n) is 10.6. The normalized spacial score (nSPS) is 28.8.